The predicted molar refractivity (Wildman–Crippen MR) is 133 cm³/mol. The molecule has 1 aromatic carbocycles. The Morgan fingerprint density at radius 3 is 2.69 bits per heavy atom. The lowest BCUT2D eigenvalue weighted by Gasteiger charge is -2.45. The molecule has 2 atom stereocenters. The van der Waals surface area contributed by atoms with Gasteiger partial charge in [0.15, 0.2) is 5.65 Å². The number of primary amides is 1. The zero-order valence-corrected chi connectivity index (χ0v) is 20.5. The number of carbonyl (C=O) groups excluding carboxylic acids is 2. The number of nitrogens with one attached hydrogen (secondary N) is 1. The second kappa shape index (κ2) is 8.53. The number of anilines is 2. The van der Waals surface area contributed by atoms with Crippen molar-refractivity contribution in [3.8, 4) is 5.75 Å². The van der Waals surface area contributed by atoms with Crippen LogP contribution in [-0.2, 0) is 11.2 Å². The molecule has 2 amide bonds. The van der Waals surface area contributed by atoms with E-state index in [1.807, 2.05) is 12.1 Å². The molecule has 35 heavy (non-hydrogen) atoms. The maximum absolute atomic E-state index is 13.3. The number of aromatic nitrogens is 3. The van der Waals surface area contributed by atoms with Gasteiger partial charge in [0, 0.05) is 55.6 Å². The van der Waals surface area contributed by atoms with Crippen LogP contribution < -0.4 is 20.7 Å². The molecule has 0 aliphatic carbocycles. The number of benzene rings is 1. The maximum atomic E-state index is 13.3. The van der Waals surface area contributed by atoms with Crippen LogP contribution in [0.2, 0.25) is 0 Å². The lowest BCUT2D eigenvalue weighted by Crippen LogP contribution is -2.58. The van der Waals surface area contributed by atoms with E-state index in [4.69, 9.17) is 10.5 Å². The highest BCUT2D eigenvalue weighted by atomic mass is 16.5. The van der Waals surface area contributed by atoms with Gasteiger partial charge in [-0.1, -0.05) is 0 Å². The second-order valence-corrected chi connectivity index (χ2v) is 10.2. The van der Waals surface area contributed by atoms with Crippen LogP contribution in [0, 0.1) is 0 Å². The largest absolute Gasteiger partial charge is 0.487 e. The number of nitrogens with two attached hydrogens (primary N) is 1. The first kappa shape index (κ1) is 23.1. The number of rotatable bonds is 5. The van der Waals surface area contributed by atoms with E-state index < -0.39 is 0 Å². The Bertz CT molecular complexity index is 1290. The van der Waals surface area contributed by atoms with Crippen molar-refractivity contribution in [3.05, 3.63) is 47.9 Å². The molecule has 2 aromatic heterocycles. The van der Waals surface area contributed by atoms with Crippen LogP contribution in [0.4, 0.5) is 11.4 Å². The highest BCUT2D eigenvalue weighted by molar-refractivity contribution is 6.09. The third-order valence-corrected chi connectivity index (χ3v) is 6.73. The summed E-state index contributed by atoms with van der Waals surface area (Å²) in [5.41, 5.74) is 8.73. The van der Waals surface area contributed by atoms with E-state index in [9.17, 15) is 9.59 Å². The summed E-state index contributed by atoms with van der Waals surface area (Å²) in [4.78, 5) is 33.6. The van der Waals surface area contributed by atoms with Gasteiger partial charge in [0.2, 0.25) is 5.91 Å². The number of amides is 2. The van der Waals surface area contributed by atoms with Crippen molar-refractivity contribution in [1.29, 1.82) is 0 Å². The summed E-state index contributed by atoms with van der Waals surface area (Å²) in [7, 11) is 0. The summed E-state index contributed by atoms with van der Waals surface area (Å²) in [5.74, 6) is 0.229. The monoisotopic (exact) mass is 477 g/mol. The molecule has 0 saturated carbocycles. The Hall–Kier alpha value is -3.66. The topological polar surface area (TPSA) is 118 Å². The third kappa shape index (κ3) is 4.41. The van der Waals surface area contributed by atoms with Crippen molar-refractivity contribution in [2.45, 2.75) is 51.8 Å². The molecule has 5 rings (SSSR count). The summed E-state index contributed by atoms with van der Waals surface area (Å²) in [6.45, 7) is 9.87. The normalized spacial score (nSPS) is 21.5. The predicted octanol–water partition coefficient (Wildman–Crippen LogP) is 2.08. The van der Waals surface area contributed by atoms with Crippen LogP contribution in [0.15, 0.2) is 36.8 Å². The van der Waals surface area contributed by atoms with Crippen molar-refractivity contribution in [1.82, 2.24) is 19.5 Å². The van der Waals surface area contributed by atoms with Crippen molar-refractivity contribution in [3.63, 3.8) is 0 Å². The summed E-state index contributed by atoms with van der Waals surface area (Å²) >= 11 is 0. The Morgan fingerprint density at radius 2 is 1.97 bits per heavy atom. The van der Waals surface area contributed by atoms with Crippen molar-refractivity contribution in [2.75, 3.05) is 29.9 Å². The molecule has 1 fully saturated rings. The van der Waals surface area contributed by atoms with Gasteiger partial charge >= 0.3 is 0 Å². The minimum atomic E-state index is -0.333. The molecule has 3 N–H and O–H groups in total. The zero-order valence-electron chi connectivity index (χ0n) is 20.5. The van der Waals surface area contributed by atoms with E-state index in [2.05, 4.69) is 52.9 Å². The average molecular weight is 478 g/mol. The van der Waals surface area contributed by atoms with E-state index in [1.165, 1.54) is 6.20 Å². The zero-order chi connectivity index (χ0) is 24.9. The highest BCUT2D eigenvalue weighted by Gasteiger charge is 2.35. The van der Waals surface area contributed by atoms with Gasteiger partial charge in [-0.15, -0.1) is 0 Å². The molecule has 2 aliphatic heterocycles. The molecule has 10 nitrogen and oxygen atoms in total. The first-order valence-electron chi connectivity index (χ1n) is 11.9. The van der Waals surface area contributed by atoms with Crippen molar-refractivity contribution in [2.24, 2.45) is 5.73 Å². The molecule has 2 aliphatic rings. The number of hydrogen-bond acceptors (Lipinski definition) is 7. The maximum Gasteiger partial charge on any atom is 0.261 e. The van der Waals surface area contributed by atoms with Crippen LogP contribution in [0.5, 0.6) is 5.75 Å². The van der Waals surface area contributed by atoms with E-state index in [-0.39, 0.29) is 36.0 Å². The van der Waals surface area contributed by atoms with Crippen molar-refractivity contribution >= 4 is 28.8 Å². The second-order valence-electron chi connectivity index (χ2n) is 10.2. The lowest BCUT2D eigenvalue weighted by atomic mass is 10.00. The lowest BCUT2D eigenvalue weighted by molar-refractivity contribution is -0.120. The van der Waals surface area contributed by atoms with Gasteiger partial charge < -0.3 is 20.7 Å². The summed E-state index contributed by atoms with van der Waals surface area (Å²) in [6.07, 6.45) is 5.68. The van der Waals surface area contributed by atoms with Crippen LogP contribution in [0.1, 0.15) is 43.6 Å². The SMILES string of the molecule is CC1CN(c2cc3c(cc2NC(=O)c2cnn4cccnc24)CC(C)(C)O3)CC(C)N1CC(N)=O. The fourth-order valence-electron chi connectivity index (χ4n) is 5.22. The third-order valence-electron chi connectivity index (χ3n) is 6.73. The minimum absolute atomic E-state index is 0.101. The molecule has 10 heteroatoms. The van der Waals surface area contributed by atoms with Gasteiger partial charge in [-0.25, -0.2) is 9.50 Å². The molecule has 1 saturated heterocycles. The van der Waals surface area contributed by atoms with Gasteiger partial charge in [-0.3, -0.25) is 14.5 Å². The van der Waals surface area contributed by atoms with E-state index in [1.54, 1.807) is 23.0 Å². The van der Waals surface area contributed by atoms with Crippen LogP contribution in [0.25, 0.3) is 5.65 Å². The fourth-order valence-corrected chi connectivity index (χ4v) is 5.22. The molecular weight excluding hydrogens is 446 g/mol. The number of nitrogens with zero attached hydrogens (tertiary/aromatic N) is 5. The summed E-state index contributed by atoms with van der Waals surface area (Å²) < 4.78 is 7.79. The first-order chi connectivity index (χ1) is 16.6. The highest BCUT2D eigenvalue weighted by Crippen LogP contribution is 2.42. The number of ether oxygens (including phenoxy) is 1. The molecule has 2 unspecified atom stereocenters. The quantitative estimate of drug-likeness (QED) is 0.578. The summed E-state index contributed by atoms with van der Waals surface area (Å²) in [5, 5.41) is 7.36. The fraction of sp³-hybridized carbons (Fsp3) is 0.440. The average Bonchev–Trinajstić information content (AvgIpc) is 3.34. The number of fused-ring (bicyclic) bond motifs is 2. The Morgan fingerprint density at radius 1 is 1.23 bits per heavy atom. The molecule has 0 spiro atoms. The minimum Gasteiger partial charge on any atom is -0.487 e. The Balaban J connectivity index is 1.49. The van der Waals surface area contributed by atoms with Crippen LogP contribution in [0.3, 0.4) is 0 Å². The van der Waals surface area contributed by atoms with Gasteiger partial charge in [0.25, 0.3) is 5.91 Å². The molecule has 0 radical (unpaired) electrons. The van der Waals surface area contributed by atoms with E-state index in [0.717, 1.165) is 23.4 Å². The van der Waals surface area contributed by atoms with Crippen LogP contribution in [-0.4, -0.2) is 68.6 Å². The molecular formula is C25H31N7O3. The van der Waals surface area contributed by atoms with Crippen LogP contribution >= 0.6 is 0 Å². The van der Waals surface area contributed by atoms with Gasteiger partial charge in [-0.2, -0.15) is 5.10 Å². The van der Waals surface area contributed by atoms with Gasteiger partial charge in [0.1, 0.15) is 16.9 Å². The van der Waals surface area contributed by atoms with Gasteiger partial charge in [0.05, 0.1) is 24.1 Å². The van der Waals surface area contributed by atoms with E-state index >= 15 is 0 Å². The van der Waals surface area contributed by atoms with Gasteiger partial charge in [-0.05, 0) is 39.8 Å². The number of hydrogen-bond donors (Lipinski definition) is 2. The molecule has 0 bridgehead atoms. The van der Waals surface area contributed by atoms with E-state index in [0.29, 0.717) is 30.0 Å². The number of piperazine rings is 1. The molecule has 184 valence electrons. The number of carbonyl (C=O) groups is 2. The Labute approximate surface area is 204 Å². The smallest absolute Gasteiger partial charge is 0.261 e. The Kier molecular flexibility index (Phi) is 5.63. The standard InChI is InChI=1S/C25H31N7O3/c1-15-12-30(13-16(2)31(15)14-22(26)33)20-9-21-17(10-25(3,4)35-21)8-19(20)29-24(34)18-11-28-32-7-5-6-27-23(18)32/h5-9,11,15-16H,10,12-14H2,1-4H3,(H2,26,33)(H,29,34). The molecule has 4 heterocycles. The molecule has 3 aromatic rings. The van der Waals surface area contributed by atoms with Crippen molar-refractivity contribution < 1.29 is 14.3 Å². The summed E-state index contributed by atoms with van der Waals surface area (Å²) in [6, 6.07) is 6.01. The first-order valence-corrected chi connectivity index (χ1v) is 11.9.